The molecule has 1 aromatic rings. The van der Waals surface area contributed by atoms with Gasteiger partial charge in [0.2, 0.25) is 0 Å². The van der Waals surface area contributed by atoms with Crippen LogP contribution in [0.1, 0.15) is 18.9 Å². The first-order chi connectivity index (χ1) is 9.04. The molecule has 19 heavy (non-hydrogen) atoms. The van der Waals surface area contributed by atoms with Crippen LogP contribution in [0.4, 0.5) is 8.78 Å². The van der Waals surface area contributed by atoms with Crippen LogP contribution in [-0.2, 0) is 4.79 Å². The summed E-state index contributed by atoms with van der Waals surface area (Å²) in [6.45, 7) is 2.38. The van der Waals surface area contributed by atoms with Crippen molar-refractivity contribution in [3.63, 3.8) is 0 Å². The predicted molar refractivity (Wildman–Crippen MR) is 72.1 cm³/mol. The molecule has 0 radical (unpaired) electrons. The first-order valence-electron chi connectivity index (χ1n) is 5.83. The van der Waals surface area contributed by atoms with E-state index in [1.54, 1.807) is 0 Å². The van der Waals surface area contributed by atoms with Gasteiger partial charge in [0.05, 0.1) is 0 Å². The first-order valence-corrected chi connectivity index (χ1v) is 6.24. The van der Waals surface area contributed by atoms with Gasteiger partial charge in [-0.05, 0) is 36.8 Å². The molecule has 1 heterocycles. The van der Waals surface area contributed by atoms with Crippen molar-refractivity contribution in [2.24, 2.45) is 0 Å². The summed E-state index contributed by atoms with van der Waals surface area (Å²) < 4.78 is 27.0. The summed E-state index contributed by atoms with van der Waals surface area (Å²) in [4.78, 5) is 13.4. The van der Waals surface area contributed by atoms with Gasteiger partial charge in [-0.25, -0.2) is 8.78 Å². The number of benzene rings is 1. The number of hydrogen-bond donors (Lipinski definition) is 1. The van der Waals surface area contributed by atoms with Crippen molar-refractivity contribution in [2.75, 3.05) is 6.54 Å². The lowest BCUT2D eigenvalue weighted by molar-refractivity contribution is -0.122. The topological polar surface area (TPSA) is 32.3 Å². The Balaban J connectivity index is 2.35. The summed E-state index contributed by atoms with van der Waals surface area (Å²) in [6, 6.07) is 3.54. The Morgan fingerprint density at radius 2 is 2.00 bits per heavy atom. The van der Waals surface area contributed by atoms with Crippen molar-refractivity contribution in [2.45, 2.75) is 13.3 Å². The zero-order valence-corrected chi connectivity index (χ0v) is 11.1. The Bertz CT molecular complexity index is 552. The van der Waals surface area contributed by atoms with Gasteiger partial charge >= 0.3 is 0 Å². The van der Waals surface area contributed by atoms with Crippen molar-refractivity contribution in [1.29, 1.82) is 0 Å². The number of hydrogen-bond acceptors (Lipinski definition) is 2. The third-order valence-electron chi connectivity index (χ3n) is 2.70. The van der Waals surface area contributed by atoms with Gasteiger partial charge in [0.25, 0.3) is 5.91 Å². The number of amides is 1. The molecule has 0 atom stereocenters. The van der Waals surface area contributed by atoms with E-state index in [-0.39, 0.29) is 22.3 Å². The van der Waals surface area contributed by atoms with E-state index in [0.717, 1.165) is 24.6 Å². The van der Waals surface area contributed by atoms with Crippen molar-refractivity contribution >= 4 is 29.3 Å². The lowest BCUT2D eigenvalue weighted by Crippen LogP contribution is -2.31. The Morgan fingerprint density at radius 1 is 1.37 bits per heavy atom. The quantitative estimate of drug-likeness (QED) is 0.682. The molecule has 1 saturated heterocycles. The Kier molecular flexibility index (Phi) is 3.90. The molecular formula is C13H12F2N2OS. The van der Waals surface area contributed by atoms with Crippen LogP contribution in [0.5, 0.6) is 0 Å². The average Bonchev–Trinajstić information content (AvgIpc) is 2.62. The van der Waals surface area contributed by atoms with Crippen LogP contribution < -0.4 is 5.32 Å². The Labute approximate surface area is 114 Å². The van der Waals surface area contributed by atoms with Crippen LogP contribution >= 0.6 is 12.2 Å². The fraction of sp³-hybridized carbons (Fsp3) is 0.231. The van der Waals surface area contributed by atoms with Crippen LogP contribution in [0.25, 0.3) is 6.08 Å². The van der Waals surface area contributed by atoms with Gasteiger partial charge in [-0.2, -0.15) is 0 Å². The summed E-state index contributed by atoms with van der Waals surface area (Å²) in [6.07, 6.45) is 1.89. The highest BCUT2D eigenvalue weighted by Crippen LogP contribution is 2.19. The number of nitrogens with zero attached hydrogens (tertiary/aromatic N) is 1. The highest BCUT2D eigenvalue weighted by atomic mass is 32.1. The Hall–Kier alpha value is -1.82. The molecule has 100 valence electrons. The molecule has 6 heteroatoms. The lowest BCUT2D eigenvalue weighted by Gasteiger charge is -2.11. The summed E-state index contributed by atoms with van der Waals surface area (Å²) in [5.74, 6) is -1.81. The highest BCUT2D eigenvalue weighted by Gasteiger charge is 2.30. The average molecular weight is 282 g/mol. The summed E-state index contributed by atoms with van der Waals surface area (Å²) >= 11 is 5.01. The van der Waals surface area contributed by atoms with Crippen LogP contribution in [0.15, 0.2) is 23.9 Å². The van der Waals surface area contributed by atoms with Crippen LogP contribution in [0.3, 0.4) is 0 Å². The van der Waals surface area contributed by atoms with E-state index in [2.05, 4.69) is 5.32 Å². The zero-order valence-electron chi connectivity index (χ0n) is 10.2. The minimum Gasteiger partial charge on any atom is -0.328 e. The summed E-state index contributed by atoms with van der Waals surface area (Å²) in [5.41, 5.74) is -0.165. The van der Waals surface area contributed by atoms with E-state index in [4.69, 9.17) is 12.2 Å². The van der Waals surface area contributed by atoms with Crippen molar-refractivity contribution < 1.29 is 13.6 Å². The molecule has 0 spiro atoms. The zero-order chi connectivity index (χ0) is 14.0. The largest absolute Gasteiger partial charge is 0.328 e. The summed E-state index contributed by atoms with van der Waals surface area (Å²) in [5, 5.41) is 2.94. The molecule has 1 N–H and O–H groups in total. The number of thiocarbonyl (C=S) groups is 1. The van der Waals surface area contributed by atoms with E-state index in [1.807, 2.05) is 6.92 Å². The van der Waals surface area contributed by atoms with Gasteiger partial charge in [-0.1, -0.05) is 13.0 Å². The molecule has 1 aliphatic rings. The smallest absolute Gasteiger partial charge is 0.276 e. The molecule has 1 amide bonds. The first kappa shape index (κ1) is 13.6. The van der Waals surface area contributed by atoms with Gasteiger partial charge in [0, 0.05) is 12.1 Å². The predicted octanol–water partition coefficient (Wildman–Crippen LogP) is 2.43. The van der Waals surface area contributed by atoms with Gasteiger partial charge < -0.3 is 5.32 Å². The number of carbonyl (C=O) groups excluding carboxylic acids is 1. The second-order valence-electron chi connectivity index (χ2n) is 4.08. The molecular weight excluding hydrogens is 270 g/mol. The van der Waals surface area contributed by atoms with Crippen molar-refractivity contribution in [1.82, 2.24) is 10.2 Å². The number of halogens is 2. The monoisotopic (exact) mass is 282 g/mol. The number of rotatable bonds is 3. The maximum Gasteiger partial charge on any atom is 0.276 e. The third-order valence-corrected chi connectivity index (χ3v) is 3.02. The number of carbonyl (C=O) groups is 1. The second kappa shape index (κ2) is 5.44. The van der Waals surface area contributed by atoms with Crippen LogP contribution in [0, 0.1) is 11.6 Å². The Morgan fingerprint density at radius 3 is 2.58 bits per heavy atom. The second-order valence-corrected chi connectivity index (χ2v) is 4.47. The van der Waals surface area contributed by atoms with Gasteiger partial charge in [0.15, 0.2) is 5.11 Å². The number of nitrogens with one attached hydrogen (secondary N) is 1. The standard InChI is InChI=1S/C13H12F2N2OS/c1-2-6-17-12(18)11(16-13(17)19)7-8-9(14)4-3-5-10(8)15/h3-5,7H,2,6H2,1H3,(H,16,19). The molecule has 0 aromatic heterocycles. The maximum atomic E-state index is 13.5. The molecule has 3 nitrogen and oxygen atoms in total. The SMILES string of the molecule is CCCN1C(=O)C(=Cc2c(F)cccc2F)NC1=S. The lowest BCUT2D eigenvalue weighted by atomic mass is 10.1. The molecule has 2 rings (SSSR count). The van der Waals surface area contributed by atoms with E-state index < -0.39 is 11.6 Å². The van der Waals surface area contributed by atoms with E-state index >= 15 is 0 Å². The van der Waals surface area contributed by atoms with Gasteiger partial charge in [-0.3, -0.25) is 9.69 Å². The van der Waals surface area contributed by atoms with Gasteiger partial charge in [0.1, 0.15) is 17.3 Å². The maximum absolute atomic E-state index is 13.5. The molecule has 1 aromatic carbocycles. The van der Waals surface area contributed by atoms with Crippen LogP contribution in [0.2, 0.25) is 0 Å². The fourth-order valence-corrected chi connectivity index (χ4v) is 2.08. The molecule has 0 saturated carbocycles. The van der Waals surface area contributed by atoms with Crippen molar-refractivity contribution in [3.8, 4) is 0 Å². The minimum absolute atomic E-state index is 0.0856. The van der Waals surface area contributed by atoms with E-state index in [0.29, 0.717) is 6.54 Å². The molecule has 0 bridgehead atoms. The fourth-order valence-electron chi connectivity index (χ4n) is 1.79. The summed E-state index contributed by atoms with van der Waals surface area (Å²) in [7, 11) is 0. The normalized spacial score (nSPS) is 17.2. The minimum atomic E-state index is -0.720. The van der Waals surface area contributed by atoms with Crippen molar-refractivity contribution in [3.05, 3.63) is 41.1 Å². The van der Waals surface area contributed by atoms with E-state index in [1.165, 1.54) is 11.0 Å². The molecule has 1 aliphatic heterocycles. The highest BCUT2D eigenvalue weighted by molar-refractivity contribution is 7.80. The van der Waals surface area contributed by atoms with Crippen LogP contribution in [-0.4, -0.2) is 22.5 Å². The molecule has 1 fully saturated rings. The third kappa shape index (κ3) is 2.63. The van der Waals surface area contributed by atoms with Gasteiger partial charge in [-0.15, -0.1) is 0 Å². The molecule has 0 unspecified atom stereocenters. The molecule has 0 aliphatic carbocycles. The van der Waals surface area contributed by atoms with E-state index in [9.17, 15) is 13.6 Å².